The second-order valence-corrected chi connectivity index (χ2v) is 10.6. The van der Waals surface area contributed by atoms with Crippen molar-refractivity contribution in [2.75, 3.05) is 30.0 Å². The Morgan fingerprint density at radius 1 is 1.33 bits per heavy atom. The average Bonchev–Trinajstić information content (AvgIpc) is 3.44. The van der Waals surface area contributed by atoms with Crippen LogP contribution >= 0.6 is 11.3 Å². The summed E-state index contributed by atoms with van der Waals surface area (Å²) in [5.74, 6) is -2.27. The molecule has 1 atom stereocenters. The van der Waals surface area contributed by atoms with Gasteiger partial charge in [0.25, 0.3) is 5.91 Å². The van der Waals surface area contributed by atoms with Crippen LogP contribution in [0.2, 0.25) is 0 Å². The number of rotatable bonds is 5. The standard InChI is InChI=1S/C22H26N6O3S.C2HF3O2/c1-13-26-27-20(31-13)23-15-6-4-5-14(9-15)10-16-12-30-8-7-28(16)21-24-17-11-22(2,3)25-19(29)18(17)32-21;3-2(4,5)1(6)7/h4-6,9,16H,7-8,10-12H2,1-3H3,(H,23,27)(H,25,29);(H,6,7). The SMILES string of the molecule is Cc1nnc(Nc2cccc(CC3COCCN3c3nc4c(s3)C(=O)NC(C)(C)C4)c2)o1.O=C(O)C(F)(F)F. The minimum atomic E-state index is -5.08. The summed E-state index contributed by atoms with van der Waals surface area (Å²) in [6.07, 6.45) is -3.55. The Hall–Kier alpha value is -3.72. The monoisotopic (exact) mass is 568 g/mol. The van der Waals surface area contributed by atoms with Crippen LogP contribution in [0.4, 0.5) is 30.0 Å². The smallest absolute Gasteiger partial charge is 0.475 e. The number of thiazole rings is 1. The summed E-state index contributed by atoms with van der Waals surface area (Å²) in [6.45, 7) is 7.83. The van der Waals surface area contributed by atoms with Crippen LogP contribution in [-0.4, -0.2) is 69.7 Å². The number of carboxylic acids is 1. The molecule has 0 bridgehead atoms. The summed E-state index contributed by atoms with van der Waals surface area (Å²) < 4.78 is 42.9. The van der Waals surface area contributed by atoms with E-state index in [0.29, 0.717) is 25.1 Å². The number of aryl methyl sites for hydroxylation is 1. The number of hydrogen-bond donors (Lipinski definition) is 3. The number of ether oxygens (including phenoxy) is 1. The Kier molecular flexibility index (Phi) is 8.11. The third kappa shape index (κ3) is 7.23. The van der Waals surface area contributed by atoms with E-state index < -0.39 is 12.1 Å². The molecule has 3 N–H and O–H groups in total. The number of alkyl halides is 3. The lowest BCUT2D eigenvalue weighted by Crippen LogP contribution is -2.48. The number of nitrogens with zero attached hydrogens (tertiary/aromatic N) is 4. The molecule has 11 nitrogen and oxygen atoms in total. The number of nitrogens with one attached hydrogen (secondary N) is 2. The zero-order valence-corrected chi connectivity index (χ0v) is 22.1. The second-order valence-electron chi connectivity index (χ2n) is 9.67. The first-order valence-electron chi connectivity index (χ1n) is 11.9. The molecule has 0 saturated carbocycles. The average molecular weight is 569 g/mol. The molecule has 2 aliphatic rings. The number of fused-ring (bicyclic) bond motifs is 1. The van der Waals surface area contributed by atoms with E-state index in [1.54, 1.807) is 6.92 Å². The van der Waals surface area contributed by atoms with Crippen LogP contribution < -0.4 is 15.5 Å². The number of aliphatic carboxylic acids is 1. The molecule has 2 aromatic heterocycles. The lowest BCUT2D eigenvalue weighted by molar-refractivity contribution is -0.192. The fourth-order valence-electron chi connectivity index (χ4n) is 4.18. The van der Waals surface area contributed by atoms with Gasteiger partial charge in [-0.15, -0.1) is 5.10 Å². The number of aromatic nitrogens is 3. The van der Waals surface area contributed by atoms with Crippen molar-refractivity contribution >= 4 is 40.0 Å². The zero-order chi connectivity index (χ0) is 28.4. The number of amides is 1. The summed E-state index contributed by atoms with van der Waals surface area (Å²) in [7, 11) is 0. The highest BCUT2D eigenvalue weighted by atomic mass is 32.1. The number of anilines is 3. The molecule has 0 spiro atoms. The van der Waals surface area contributed by atoms with Crippen molar-refractivity contribution < 1.29 is 37.0 Å². The van der Waals surface area contributed by atoms with Crippen molar-refractivity contribution in [3.8, 4) is 0 Å². The molecule has 1 aromatic carbocycles. The molecule has 210 valence electrons. The van der Waals surface area contributed by atoms with Gasteiger partial charge >= 0.3 is 18.2 Å². The highest BCUT2D eigenvalue weighted by molar-refractivity contribution is 7.17. The maximum Gasteiger partial charge on any atom is 0.490 e. The van der Waals surface area contributed by atoms with E-state index >= 15 is 0 Å². The Balaban J connectivity index is 0.000000448. The maximum atomic E-state index is 12.6. The van der Waals surface area contributed by atoms with Gasteiger partial charge in [-0.3, -0.25) is 4.79 Å². The van der Waals surface area contributed by atoms with Crippen LogP contribution in [0.1, 0.15) is 40.7 Å². The highest BCUT2D eigenvalue weighted by Gasteiger charge is 2.38. The van der Waals surface area contributed by atoms with E-state index in [-0.39, 0.29) is 17.5 Å². The molecule has 1 saturated heterocycles. The van der Waals surface area contributed by atoms with E-state index in [2.05, 4.69) is 37.9 Å². The molecule has 0 radical (unpaired) electrons. The normalized spacial score (nSPS) is 18.5. The summed E-state index contributed by atoms with van der Waals surface area (Å²) in [6, 6.07) is 8.65. The second kappa shape index (κ2) is 11.2. The van der Waals surface area contributed by atoms with Crippen molar-refractivity contribution in [2.45, 2.75) is 51.4 Å². The Bertz CT molecular complexity index is 1340. The first-order valence-corrected chi connectivity index (χ1v) is 12.8. The van der Waals surface area contributed by atoms with Gasteiger partial charge in [-0.2, -0.15) is 13.2 Å². The number of halogens is 3. The van der Waals surface area contributed by atoms with Gasteiger partial charge in [-0.1, -0.05) is 28.6 Å². The molecule has 0 aliphatic carbocycles. The quantitative estimate of drug-likeness (QED) is 0.417. The Morgan fingerprint density at radius 2 is 2.08 bits per heavy atom. The first-order chi connectivity index (χ1) is 18.3. The first kappa shape index (κ1) is 28.3. The summed E-state index contributed by atoms with van der Waals surface area (Å²) >= 11 is 1.48. The molecular weight excluding hydrogens is 541 g/mol. The van der Waals surface area contributed by atoms with E-state index in [1.165, 1.54) is 11.3 Å². The van der Waals surface area contributed by atoms with E-state index in [1.807, 2.05) is 26.0 Å². The van der Waals surface area contributed by atoms with Gasteiger partial charge < -0.3 is 29.8 Å². The number of hydrogen-bond acceptors (Lipinski definition) is 10. The van der Waals surface area contributed by atoms with Gasteiger partial charge in [-0.05, 0) is 38.0 Å². The number of carbonyl (C=O) groups is 2. The predicted octanol–water partition coefficient (Wildman–Crippen LogP) is 3.72. The predicted molar refractivity (Wildman–Crippen MR) is 135 cm³/mol. The fourth-order valence-corrected chi connectivity index (χ4v) is 5.26. The number of benzene rings is 1. The summed E-state index contributed by atoms with van der Waals surface area (Å²) in [4.78, 5) is 29.3. The van der Waals surface area contributed by atoms with Crippen LogP contribution in [0.15, 0.2) is 28.7 Å². The zero-order valence-electron chi connectivity index (χ0n) is 21.3. The maximum absolute atomic E-state index is 12.6. The fraction of sp³-hybridized carbons (Fsp3) is 0.458. The number of morpholine rings is 1. The molecule has 4 heterocycles. The van der Waals surface area contributed by atoms with Crippen molar-refractivity contribution in [2.24, 2.45) is 0 Å². The highest BCUT2D eigenvalue weighted by Crippen LogP contribution is 2.34. The summed E-state index contributed by atoms with van der Waals surface area (Å²) in [5.41, 5.74) is 2.67. The Labute approximate surface area is 225 Å². The molecule has 1 amide bonds. The van der Waals surface area contributed by atoms with Gasteiger partial charge in [0.05, 0.1) is 24.9 Å². The summed E-state index contributed by atoms with van der Waals surface area (Å²) in [5, 5.41) is 22.1. The van der Waals surface area contributed by atoms with Gasteiger partial charge in [0.1, 0.15) is 4.88 Å². The molecular formula is C24H27F3N6O5S. The molecule has 39 heavy (non-hydrogen) atoms. The minimum absolute atomic E-state index is 0.0279. The van der Waals surface area contributed by atoms with Crippen molar-refractivity contribution in [3.05, 3.63) is 46.3 Å². The van der Waals surface area contributed by atoms with Crippen molar-refractivity contribution in [3.63, 3.8) is 0 Å². The van der Waals surface area contributed by atoms with Gasteiger partial charge in [0.15, 0.2) is 5.13 Å². The van der Waals surface area contributed by atoms with Crippen LogP contribution in [0.25, 0.3) is 0 Å². The largest absolute Gasteiger partial charge is 0.490 e. The molecule has 3 aromatic rings. The molecule has 1 fully saturated rings. The third-order valence-corrected chi connectivity index (χ3v) is 6.98. The van der Waals surface area contributed by atoms with Crippen LogP contribution in [0.3, 0.4) is 0 Å². The number of carboxylic acid groups (broad SMARTS) is 1. The number of carbonyl (C=O) groups excluding carboxylic acids is 1. The van der Waals surface area contributed by atoms with Crippen LogP contribution in [-0.2, 0) is 22.4 Å². The topological polar surface area (TPSA) is 143 Å². The lowest BCUT2D eigenvalue weighted by atomic mass is 9.94. The lowest BCUT2D eigenvalue weighted by Gasteiger charge is -2.35. The van der Waals surface area contributed by atoms with Crippen LogP contribution in [0.5, 0.6) is 0 Å². The molecule has 5 rings (SSSR count). The van der Waals surface area contributed by atoms with Crippen molar-refractivity contribution in [1.29, 1.82) is 0 Å². The van der Waals surface area contributed by atoms with Gasteiger partial charge in [0.2, 0.25) is 5.89 Å². The van der Waals surface area contributed by atoms with Gasteiger partial charge in [0, 0.05) is 31.1 Å². The van der Waals surface area contributed by atoms with Crippen LogP contribution in [0, 0.1) is 6.92 Å². The molecule has 2 aliphatic heterocycles. The molecule has 15 heteroatoms. The van der Waals surface area contributed by atoms with E-state index in [9.17, 15) is 18.0 Å². The van der Waals surface area contributed by atoms with E-state index in [4.69, 9.17) is 24.0 Å². The third-order valence-electron chi connectivity index (χ3n) is 5.84. The molecule has 1 unspecified atom stereocenters. The Morgan fingerprint density at radius 3 is 2.74 bits per heavy atom. The van der Waals surface area contributed by atoms with Gasteiger partial charge in [-0.25, -0.2) is 9.78 Å². The van der Waals surface area contributed by atoms with E-state index in [0.717, 1.165) is 46.3 Å². The van der Waals surface area contributed by atoms with Crippen molar-refractivity contribution in [1.82, 2.24) is 20.5 Å². The minimum Gasteiger partial charge on any atom is -0.475 e.